The molecule has 1 aromatic heterocycles. The Kier molecular flexibility index (Phi) is 5.75. The number of rotatable bonds is 6. The maximum Gasteiger partial charge on any atom is 0.148 e. The van der Waals surface area contributed by atoms with Gasteiger partial charge in [0.15, 0.2) is 0 Å². The van der Waals surface area contributed by atoms with Gasteiger partial charge in [0.05, 0.1) is 11.3 Å². The van der Waals surface area contributed by atoms with Crippen molar-refractivity contribution in [1.82, 2.24) is 9.97 Å². The first-order valence-electron chi connectivity index (χ1n) is 7.82. The van der Waals surface area contributed by atoms with Crippen molar-refractivity contribution in [3.05, 3.63) is 52.6 Å². The van der Waals surface area contributed by atoms with Crippen molar-refractivity contribution in [2.75, 3.05) is 0 Å². The van der Waals surface area contributed by atoms with Gasteiger partial charge < -0.3 is 4.98 Å². The van der Waals surface area contributed by atoms with Crippen molar-refractivity contribution >= 4 is 17.4 Å². The number of Topliss-reactive ketones (excluding diaryl/α,β-unsaturated/α-hetero) is 1. The zero-order valence-corrected chi connectivity index (χ0v) is 14.8. The molecule has 0 aliphatic carbocycles. The average Bonchev–Trinajstić information content (AvgIpc) is 2.98. The van der Waals surface area contributed by atoms with Gasteiger partial charge in [0.1, 0.15) is 17.4 Å². The number of carbonyl (C=O) groups excluding carboxylic acids is 1. The van der Waals surface area contributed by atoms with E-state index in [0.29, 0.717) is 6.42 Å². The Hall–Kier alpha value is -1.75. The van der Waals surface area contributed by atoms with E-state index in [2.05, 4.69) is 9.97 Å². The lowest BCUT2D eigenvalue weighted by atomic mass is 9.73. The van der Waals surface area contributed by atoms with E-state index in [1.54, 1.807) is 6.20 Å². The average molecular weight is 355 g/mol. The molecule has 6 heteroatoms. The zero-order chi connectivity index (χ0) is 17.9. The Labute approximate surface area is 145 Å². The van der Waals surface area contributed by atoms with Crippen LogP contribution in [0, 0.1) is 17.0 Å². The lowest BCUT2D eigenvalue weighted by Crippen LogP contribution is -2.22. The first-order chi connectivity index (χ1) is 11.2. The van der Waals surface area contributed by atoms with Gasteiger partial charge in [0.25, 0.3) is 0 Å². The van der Waals surface area contributed by atoms with Crippen LogP contribution in [0.5, 0.6) is 0 Å². The van der Waals surface area contributed by atoms with Crippen LogP contribution in [0.15, 0.2) is 24.7 Å². The molecule has 2 aromatic rings. The number of nitrogens with zero attached hydrogens (tertiary/aromatic N) is 1. The highest BCUT2D eigenvalue weighted by atomic mass is 35.5. The van der Waals surface area contributed by atoms with Crippen LogP contribution in [0.1, 0.15) is 50.8 Å². The summed E-state index contributed by atoms with van der Waals surface area (Å²) in [4.78, 5) is 18.9. The second-order valence-corrected chi connectivity index (χ2v) is 7.41. The molecular weight excluding hydrogens is 334 g/mol. The molecule has 0 saturated carbocycles. The minimum Gasteiger partial charge on any atom is -0.348 e. The Morgan fingerprint density at radius 3 is 2.62 bits per heavy atom. The highest BCUT2D eigenvalue weighted by molar-refractivity contribution is 6.30. The van der Waals surface area contributed by atoms with Crippen LogP contribution >= 0.6 is 11.6 Å². The molecule has 24 heavy (non-hydrogen) atoms. The van der Waals surface area contributed by atoms with Crippen LogP contribution in [0.4, 0.5) is 8.78 Å². The van der Waals surface area contributed by atoms with Crippen LogP contribution in [-0.2, 0) is 11.2 Å². The minimum atomic E-state index is -0.738. The number of carbonyl (C=O) groups is 1. The van der Waals surface area contributed by atoms with Gasteiger partial charge >= 0.3 is 0 Å². The van der Waals surface area contributed by atoms with Gasteiger partial charge in [0.2, 0.25) is 0 Å². The summed E-state index contributed by atoms with van der Waals surface area (Å²) in [5.41, 5.74) is 0.275. The van der Waals surface area contributed by atoms with Gasteiger partial charge in [-0.25, -0.2) is 13.8 Å². The second kappa shape index (κ2) is 7.43. The number of H-pyrrole nitrogens is 1. The van der Waals surface area contributed by atoms with Crippen molar-refractivity contribution < 1.29 is 13.6 Å². The highest BCUT2D eigenvalue weighted by Crippen LogP contribution is 2.42. The van der Waals surface area contributed by atoms with Crippen LogP contribution in [0.3, 0.4) is 0 Å². The smallest absolute Gasteiger partial charge is 0.148 e. The fourth-order valence-corrected chi connectivity index (χ4v) is 3.02. The van der Waals surface area contributed by atoms with Crippen molar-refractivity contribution in [2.45, 2.75) is 46.0 Å². The number of hydrogen-bond acceptors (Lipinski definition) is 2. The monoisotopic (exact) mass is 354 g/mol. The van der Waals surface area contributed by atoms with E-state index in [4.69, 9.17) is 11.6 Å². The Morgan fingerprint density at radius 1 is 1.33 bits per heavy atom. The molecular formula is C18H21ClF2N2O. The molecule has 1 N–H and O–H groups in total. The lowest BCUT2D eigenvalue weighted by Gasteiger charge is -2.32. The number of benzene rings is 1. The number of nitrogens with one attached hydrogen (secondary N) is 1. The summed E-state index contributed by atoms with van der Waals surface area (Å²) in [6, 6.07) is 2.38. The van der Waals surface area contributed by atoms with Gasteiger partial charge in [0, 0.05) is 30.3 Å². The maximum atomic E-state index is 14.4. The molecule has 0 saturated heterocycles. The third-order valence-corrected chi connectivity index (χ3v) is 4.42. The van der Waals surface area contributed by atoms with Crippen LogP contribution in [0.25, 0.3) is 0 Å². The van der Waals surface area contributed by atoms with Gasteiger partial charge in [-0.1, -0.05) is 32.4 Å². The molecule has 0 fully saturated rings. The minimum absolute atomic E-state index is 0.00338. The van der Waals surface area contributed by atoms with Crippen LogP contribution < -0.4 is 0 Å². The van der Waals surface area contributed by atoms with E-state index < -0.39 is 23.0 Å². The van der Waals surface area contributed by atoms with E-state index in [9.17, 15) is 13.6 Å². The molecule has 1 atom stereocenters. The van der Waals surface area contributed by atoms with Gasteiger partial charge in [-0.2, -0.15) is 0 Å². The number of imidazole rings is 1. The molecule has 0 bridgehead atoms. The summed E-state index contributed by atoms with van der Waals surface area (Å²) in [6.45, 7) is 5.70. The summed E-state index contributed by atoms with van der Waals surface area (Å²) in [5, 5.41) is -0.107. The first-order valence-corrected chi connectivity index (χ1v) is 8.20. The van der Waals surface area contributed by atoms with Crippen molar-refractivity contribution in [1.29, 1.82) is 0 Å². The highest BCUT2D eigenvalue weighted by Gasteiger charge is 2.32. The van der Waals surface area contributed by atoms with E-state index in [0.717, 1.165) is 5.69 Å². The summed E-state index contributed by atoms with van der Waals surface area (Å²) in [6.07, 6.45) is 3.92. The van der Waals surface area contributed by atoms with Gasteiger partial charge in [-0.05, 0) is 29.9 Å². The maximum absolute atomic E-state index is 14.4. The number of hydrogen-bond donors (Lipinski definition) is 1. The largest absolute Gasteiger partial charge is 0.348 e. The molecule has 0 amide bonds. The fraction of sp³-hybridized carbons (Fsp3) is 0.444. The lowest BCUT2D eigenvalue weighted by molar-refractivity contribution is -0.118. The van der Waals surface area contributed by atoms with Crippen molar-refractivity contribution in [2.24, 2.45) is 5.41 Å². The first kappa shape index (κ1) is 18.6. The van der Waals surface area contributed by atoms with E-state index in [-0.39, 0.29) is 29.2 Å². The summed E-state index contributed by atoms with van der Waals surface area (Å²) in [5.74, 6) is -1.83. The molecule has 0 unspecified atom stereocenters. The standard InChI is InChI=1S/C18H21ClF2N2O/c1-18(2,3)13(16-15(20)7-6-14(19)17(16)21)5-4-12(24)8-11-9-22-10-23-11/h6-7,9-10,13H,4-5,8H2,1-3H3,(H,22,23)/t13-/m1/s1. The molecule has 3 nitrogen and oxygen atoms in total. The number of halogens is 3. The molecule has 1 aromatic carbocycles. The molecule has 1 heterocycles. The van der Waals surface area contributed by atoms with E-state index in [1.807, 2.05) is 20.8 Å². The molecule has 0 aliphatic heterocycles. The third-order valence-electron chi connectivity index (χ3n) is 4.13. The predicted octanol–water partition coefficient (Wildman–Crippen LogP) is 5.06. The SMILES string of the molecule is CC(C)(C)[C@H](CCC(=O)Cc1cnc[nH]1)c1c(F)ccc(Cl)c1F. The second-order valence-electron chi connectivity index (χ2n) is 7.01. The molecule has 130 valence electrons. The Bertz CT molecular complexity index is 709. The van der Waals surface area contributed by atoms with Crippen LogP contribution in [-0.4, -0.2) is 15.8 Å². The molecule has 0 radical (unpaired) electrons. The molecule has 0 spiro atoms. The topological polar surface area (TPSA) is 45.8 Å². The zero-order valence-electron chi connectivity index (χ0n) is 14.0. The third kappa shape index (κ3) is 4.41. The fourth-order valence-electron chi connectivity index (χ4n) is 2.86. The molecule has 2 rings (SSSR count). The number of aromatic amines is 1. The summed E-state index contributed by atoms with van der Waals surface area (Å²) >= 11 is 5.82. The number of aromatic nitrogens is 2. The summed E-state index contributed by atoms with van der Waals surface area (Å²) < 4.78 is 28.6. The van der Waals surface area contributed by atoms with Gasteiger partial charge in [-0.3, -0.25) is 4.79 Å². The quantitative estimate of drug-likeness (QED) is 0.737. The predicted molar refractivity (Wildman–Crippen MR) is 90.1 cm³/mol. The van der Waals surface area contributed by atoms with Crippen LogP contribution in [0.2, 0.25) is 5.02 Å². The van der Waals surface area contributed by atoms with E-state index >= 15 is 0 Å². The number of ketones is 1. The van der Waals surface area contributed by atoms with Crippen molar-refractivity contribution in [3.8, 4) is 0 Å². The summed E-state index contributed by atoms with van der Waals surface area (Å²) in [7, 11) is 0. The van der Waals surface area contributed by atoms with Crippen molar-refractivity contribution in [3.63, 3.8) is 0 Å². The van der Waals surface area contributed by atoms with Gasteiger partial charge in [-0.15, -0.1) is 0 Å². The Balaban J connectivity index is 2.18. The Morgan fingerprint density at radius 2 is 2.04 bits per heavy atom. The molecule has 0 aliphatic rings. The normalized spacial score (nSPS) is 13.1. The van der Waals surface area contributed by atoms with E-state index in [1.165, 1.54) is 18.5 Å².